The normalized spacial score (nSPS) is 13.6. The molecule has 0 bridgehead atoms. The maximum absolute atomic E-state index is 11.7. The van der Waals surface area contributed by atoms with Crippen molar-refractivity contribution in [1.29, 1.82) is 0 Å². The molecule has 0 aromatic rings. The molecule has 0 saturated heterocycles. The van der Waals surface area contributed by atoms with Gasteiger partial charge < -0.3 is 19.9 Å². The van der Waals surface area contributed by atoms with Gasteiger partial charge in [-0.05, 0) is 34.6 Å². The fraction of sp³-hybridized carbons (Fsp3) is 0.833. The zero-order valence-electron chi connectivity index (χ0n) is 12.4. The van der Waals surface area contributed by atoms with Crippen molar-refractivity contribution in [2.45, 2.75) is 51.8 Å². The lowest BCUT2D eigenvalue weighted by Crippen LogP contribution is -2.61. The fourth-order valence-corrected chi connectivity index (χ4v) is 1.48. The van der Waals surface area contributed by atoms with E-state index >= 15 is 0 Å². The first-order valence-corrected chi connectivity index (χ1v) is 5.96. The molecule has 0 aliphatic heterocycles. The highest BCUT2D eigenvalue weighted by Gasteiger charge is 2.38. The van der Waals surface area contributed by atoms with Gasteiger partial charge in [-0.15, -0.1) is 0 Å². The lowest BCUT2D eigenvalue weighted by molar-refractivity contribution is -0.145. The third kappa shape index (κ3) is 6.40. The minimum atomic E-state index is -0.988. The largest absolute Gasteiger partial charge is 0.468 e. The molecule has 0 aliphatic rings. The molecular weight excluding hydrogens is 252 g/mol. The fourth-order valence-electron chi connectivity index (χ4n) is 1.48. The number of aliphatic hydroxyl groups excluding tert-OH is 1. The number of ether oxygens (including phenoxy) is 2. The lowest BCUT2D eigenvalue weighted by atomic mass is 9.95. The van der Waals surface area contributed by atoms with E-state index < -0.39 is 36.0 Å². The molecule has 1 atom stereocenters. The topological polar surface area (TPSA) is 96.9 Å². The summed E-state index contributed by atoms with van der Waals surface area (Å²) in [5.41, 5.74) is -1.62. The highest BCUT2D eigenvalue weighted by Crippen LogP contribution is 2.13. The molecule has 0 saturated carbocycles. The van der Waals surface area contributed by atoms with E-state index in [0.717, 1.165) is 0 Å². The Hall–Kier alpha value is -1.34. The van der Waals surface area contributed by atoms with Crippen LogP contribution >= 0.6 is 0 Å². The van der Waals surface area contributed by atoms with Crippen LogP contribution in [0.4, 0.5) is 4.79 Å². The van der Waals surface area contributed by atoms with Gasteiger partial charge in [0.15, 0.2) is 0 Å². The van der Waals surface area contributed by atoms with Gasteiger partial charge in [0.25, 0.3) is 0 Å². The monoisotopic (exact) mass is 276 g/mol. The van der Waals surface area contributed by atoms with Gasteiger partial charge in [0.05, 0.1) is 19.4 Å². The van der Waals surface area contributed by atoms with Crippen LogP contribution in [-0.4, -0.2) is 48.2 Å². The second-order valence-electron chi connectivity index (χ2n) is 5.67. The first kappa shape index (κ1) is 17.7. The minimum absolute atomic E-state index is 0.417. The standard InChI is InChI=1S/C12H24N2O5/c1-11(2,3)19-10(17)14-12(4,5)8(13-7-15)9(16)18-6/h8,13,15H,7H2,1-6H3,(H,14,17)/t8-/m1/s1. The molecule has 0 aromatic heterocycles. The molecule has 0 spiro atoms. The number of amides is 1. The Labute approximate surface area is 113 Å². The number of aliphatic hydroxyl groups is 1. The van der Waals surface area contributed by atoms with Crippen LogP contribution in [0.3, 0.4) is 0 Å². The molecule has 1 amide bonds. The van der Waals surface area contributed by atoms with Crippen molar-refractivity contribution >= 4 is 12.1 Å². The predicted molar refractivity (Wildman–Crippen MR) is 69.5 cm³/mol. The number of methoxy groups -OCH3 is 1. The van der Waals surface area contributed by atoms with E-state index in [0.29, 0.717) is 0 Å². The molecular formula is C12H24N2O5. The molecule has 0 unspecified atom stereocenters. The number of rotatable bonds is 5. The Kier molecular flexibility index (Phi) is 6.24. The average Bonchev–Trinajstić information content (AvgIpc) is 2.20. The summed E-state index contributed by atoms with van der Waals surface area (Å²) in [5, 5.41) is 14.0. The van der Waals surface area contributed by atoms with Gasteiger partial charge in [-0.3, -0.25) is 10.1 Å². The number of nitrogens with one attached hydrogen (secondary N) is 2. The third-order valence-electron chi connectivity index (χ3n) is 2.28. The molecule has 3 N–H and O–H groups in total. The van der Waals surface area contributed by atoms with Gasteiger partial charge in [0.1, 0.15) is 11.6 Å². The molecule has 7 nitrogen and oxygen atoms in total. The summed E-state index contributed by atoms with van der Waals surface area (Å²) in [7, 11) is 1.23. The number of carbonyl (C=O) groups excluding carboxylic acids is 2. The Morgan fingerprint density at radius 1 is 1.21 bits per heavy atom. The Morgan fingerprint density at radius 2 is 1.74 bits per heavy atom. The van der Waals surface area contributed by atoms with E-state index in [4.69, 9.17) is 9.84 Å². The Balaban J connectivity index is 4.81. The molecule has 0 heterocycles. The Bertz CT molecular complexity index is 323. The number of alkyl carbamates (subject to hydrolysis) is 1. The van der Waals surface area contributed by atoms with Gasteiger partial charge in [-0.2, -0.15) is 0 Å². The first-order chi connectivity index (χ1) is 8.53. The number of hydrogen-bond acceptors (Lipinski definition) is 6. The second-order valence-corrected chi connectivity index (χ2v) is 5.67. The summed E-state index contributed by atoms with van der Waals surface area (Å²) in [5.74, 6) is -0.588. The van der Waals surface area contributed by atoms with Gasteiger partial charge in [-0.1, -0.05) is 0 Å². The van der Waals surface area contributed by atoms with Crippen molar-refractivity contribution in [1.82, 2.24) is 10.6 Å². The smallest absolute Gasteiger partial charge is 0.408 e. The van der Waals surface area contributed by atoms with Gasteiger partial charge in [0, 0.05) is 0 Å². The minimum Gasteiger partial charge on any atom is -0.468 e. The lowest BCUT2D eigenvalue weighted by Gasteiger charge is -2.34. The predicted octanol–water partition coefficient (Wildman–Crippen LogP) is 0.371. The highest BCUT2D eigenvalue weighted by molar-refractivity contribution is 5.79. The van der Waals surface area contributed by atoms with Crippen LogP contribution < -0.4 is 10.6 Å². The Morgan fingerprint density at radius 3 is 2.11 bits per heavy atom. The number of carbonyl (C=O) groups is 2. The van der Waals surface area contributed by atoms with Crippen molar-refractivity contribution in [2.24, 2.45) is 0 Å². The van der Waals surface area contributed by atoms with Gasteiger partial charge in [0.2, 0.25) is 0 Å². The number of hydrogen-bond donors (Lipinski definition) is 3. The van der Waals surface area contributed by atoms with E-state index in [1.54, 1.807) is 34.6 Å². The summed E-state index contributed by atoms with van der Waals surface area (Å²) in [6, 6.07) is -0.894. The van der Waals surface area contributed by atoms with E-state index in [1.165, 1.54) is 7.11 Å². The van der Waals surface area contributed by atoms with E-state index in [2.05, 4.69) is 15.4 Å². The maximum atomic E-state index is 11.7. The molecule has 19 heavy (non-hydrogen) atoms. The van der Waals surface area contributed by atoms with Crippen LogP contribution in [-0.2, 0) is 14.3 Å². The van der Waals surface area contributed by atoms with Crippen LogP contribution in [0.25, 0.3) is 0 Å². The molecule has 7 heteroatoms. The van der Waals surface area contributed by atoms with Gasteiger partial charge >= 0.3 is 12.1 Å². The van der Waals surface area contributed by atoms with Crippen molar-refractivity contribution in [2.75, 3.05) is 13.8 Å². The number of esters is 1. The highest BCUT2D eigenvalue weighted by atomic mass is 16.6. The third-order valence-corrected chi connectivity index (χ3v) is 2.28. The van der Waals surface area contributed by atoms with Crippen molar-refractivity contribution in [3.63, 3.8) is 0 Å². The molecule has 0 fully saturated rings. The van der Waals surface area contributed by atoms with Gasteiger partial charge in [-0.25, -0.2) is 4.79 Å². The van der Waals surface area contributed by atoms with Crippen LogP contribution in [0.5, 0.6) is 0 Å². The van der Waals surface area contributed by atoms with Crippen molar-refractivity contribution in [3.05, 3.63) is 0 Å². The molecule has 112 valence electrons. The summed E-state index contributed by atoms with van der Waals surface area (Å²) in [4.78, 5) is 23.3. The molecule has 0 aliphatic carbocycles. The average molecular weight is 276 g/mol. The first-order valence-electron chi connectivity index (χ1n) is 5.96. The summed E-state index contributed by atoms with van der Waals surface area (Å²) in [6.07, 6.45) is -0.647. The summed E-state index contributed by atoms with van der Waals surface area (Å²) >= 11 is 0. The van der Waals surface area contributed by atoms with Crippen LogP contribution in [0.1, 0.15) is 34.6 Å². The van der Waals surface area contributed by atoms with Crippen LogP contribution in [0.2, 0.25) is 0 Å². The van der Waals surface area contributed by atoms with E-state index in [9.17, 15) is 9.59 Å². The van der Waals surface area contributed by atoms with E-state index in [-0.39, 0.29) is 0 Å². The quantitative estimate of drug-likeness (QED) is 0.496. The van der Waals surface area contributed by atoms with Crippen molar-refractivity contribution in [3.8, 4) is 0 Å². The summed E-state index contributed by atoms with van der Waals surface area (Å²) in [6.45, 7) is 8.05. The molecule has 0 rings (SSSR count). The van der Waals surface area contributed by atoms with Crippen LogP contribution in [0, 0.1) is 0 Å². The second kappa shape index (κ2) is 6.72. The molecule has 0 aromatic carbocycles. The maximum Gasteiger partial charge on any atom is 0.408 e. The molecule has 0 radical (unpaired) electrons. The van der Waals surface area contributed by atoms with Crippen molar-refractivity contribution < 1.29 is 24.2 Å². The summed E-state index contributed by atoms with van der Waals surface area (Å²) < 4.78 is 9.75. The van der Waals surface area contributed by atoms with E-state index in [1.807, 2.05) is 0 Å². The van der Waals surface area contributed by atoms with Crippen LogP contribution in [0.15, 0.2) is 0 Å². The zero-order valence-corrected chi connectivity index (χ0v) is 12.4. The zero-order chi connectivity index (χ0) is 15.3. The SMILES string of the molecule is COC(=O)[C@@H](NCO)C(C)(C)NC(=O)OC(C)(C)C.